The molecule has 2 aliphatic rings. The van der Waals surface area contributed by atoms with Gasteiger partial charge in [0.1, 0.15) is 10.5 Å². The summed E-state index contributed by atoms with van der Waals surface area (Å²) in [5.41, 5.74) is 1.60. The lowest BCUT2D eigenvalue weighted by Crippen LogP contribution is -2.42. The first kappa shape index (κ1) is 16.1. The zero-order valence-corrected chi connectivity index (χ0v) is 14.9. The Morgan fingerprint density at radius 3 is 2.62 bits per heavy atom. The fourth-order valence-electron chi connectivity index (χ4n) is 4.10. The number of rotatable bonds is 5. The molecule has 0 aromatic carbocycles. The summed E-state index contributed by atoms with van der Waals surface area (Å²) >= 11 is 1.59. The Morgan fingerprint density at radius 1 is 1.12 bits per heavy atom. The molecule has 0 saturated heterocycles. The Bertz CT molecular complexity index is 627. The summed E-state index contributed by atoms with van der Waals surface area (Å²) in [6.45, 7) is 0.720. The Kier molecular flexibility index (Phi) is 4.89. The Balaban J connectivity index is 1.56. The molecular weight excluding hydrogens is 322 g/mol. The van der Waals surface area contributed by atoms with Crippen molar-refractivity contribution < 1.29 is 4.52 Å². The maximum absolute atomic E-state index is 5.68. The molecular formula is C17H25N5OS. The van der Waals surface area contributed by atoms with Crippen LogP contribution in [-0.4, -0.2) is 20.3 Å². The van der Waals surface area contributed by atoms with E-state index in [9.17, 15) is 0 Å². The molecule has 0 unspecified atom stereocenters. The Hall–Kier alpha value is -1.34. The van der Waals surface area contributed by atoms with Gasteiger partial charge in [0.15, 0.2) is 5.82 Å². The van der Waals surface area contributed by atoms with E-state index < -0.39 is 0 Å². The van der Waals surface area contributed by atoms with Crippen LogP contribution in [0.25, 0.3) is 0 Å². The lowest BCUT2D eigenvalue weighted by atomic mass is 9.89. The second-order valence-electron chi connectivity index (χ2n) is 7.12. The van der Waals surface area contributed by atoms with Crippen LogP contribution < -0.4 is 5.32 Å². The Labute approximate surface area is 146 Å². The monoisotopic (exact) mass is 347 g/mol. The van der Waals surface area contributed by atoms with E-state index in [1.54, 1.807) is 16.8 Å². The largest absolute Gasteiger partial charge is 0.339 e. The van der Waals surface area contributed by atoms with E-state index >= 15 is 0 Å². The first-order valence-electron chi connectivity index (χ1n) is 9.20. The lowest BCUT2D eigenvalue weighted by Gasteiger charge is -2.30. The Morgan fingerprint density at radius 2 is 1.92 bits per heavy atom. The predicted octanol–water partition coefficient (Wildman–Crippen LogP) is 3.92. The summed E-state index contributed by atoms with van der Waals surface area (Å²) in [6, 6.07) is 0. The van der Waals surface area contributed by atoms with Gasteiger partial charge < -0.3 is 4.52 Å². The number of nitrogens with zero attached hydrogens (tertiary/aromatic N) is 4. The molecule has 0 bridgehead atoms. The second-order valence-corrected chi connectivity index (χ2v) is 8.04. The van der Waals surface area contributed by atoms with Crippen LogP contribution in [0.2, 0.25) is 0 Å². The standard InChI is InChI=1S/C17H25N5OS/c1-2-6-10-17(9-5-1,18-11-14-21-19-12-24-14)16-20-15(23-22-16)13-7-3-4-8-13/h12-13,18H,1-11H2. The van der Waals surface area contributed by atoms with Crippen molar-refractivity contribution in [3.63, 3.8) is 0 Å². The van der Waals surface area contributed by atoms with Crippen LogP contribution in [0.4, 0.5) is 0 Å². The van der Waals surface area contributed by atoms with Gasteiger partial charge in [0.2, 0.25) is 5.89 Å². The third-order valence-electron chi connectivity index (χ3n) is 5.51. The quantitative estimate of drug-likeness (QED) is 0.826. The molecule has 0 aliphatic heterocycles. The van der Waals surface area contributed by atoms with Crippen molar-refractivity contribution in [1.29, 1.82) is 0 Å². The maximum Gasteiger partial charge on any atom is 0.229 e. The fraction of sp³-hybridized carbons (Fsp3) is 0.765. The molecule has 2 aromatic heterocycles. The molecule has 4 rings (SSSR count). The molecule has 6 nitrogen and oxygen atoms in total. The fourth-order valence-corrected chi connectivity index (χ4v) is 4.56. The summed E-state index contributed by atoms with van der Waals surface area (Å²) in [5.74, 6) is 2.18. The van der Waals surface area contributed by atoms with Crippen LogP contribution in [-0.2, 0) is 12.1 Å². The number of nitrogens with one attached hydrogen (secondary N) is 1. The highest BCUT2D eigenvalue weighted by atomic mass is 32.1. The summed E-state index contributed by atoms with van der Waals surface area (Å²) < 4.78 is 5.68. The van der Waals surface area contributed by atoms with Gasteiger partial charge in [-0.1, -0.05) is 43.7 Å². The molecule has 7 heteroatoms. The van der Waals surface area contributed by atoms with Crippen LogP contribution in [0, 0.1) is 0 Å². The summed E-state index contributed by atoms with van der Waals surface area (Å²) in [7, 11) is 0. The van der Waals surface area contributed by atoms with E-state index in [0.29, 0.717) is 5.92 Å². The topological polar surface area (TPSA) is 76.7 Å². The van der Waals surface area contributed by atoms with Gasteiger partial charge in [0.05, 0.1) is 12.1 Å². The van der Waals surface area contributed by atoms with Crippen molar-refractivity contribution in [2.24, 2.45) is 0 Å². The van der Waals surface area contributed by atoms with Gasteiger partial charge in [-0.25, -0.2) is 0 Å². The van der Waals surface area contributed by atoms with Crippen molar-refractivity contribution in [3.8, 4) is 0 Å². The highest BCUT2D eigenvalue weighted by Crippen LogP contribution is 2.38. The van der Waals surface area contributed by atoms with E-state index in [1.807, 2.05) is 0 Å². The highest BCUT2D eigenvalue weighted by molar-refractivity contribution is 7.09. The average Bonchev–Trinajstić information content (AvgIpc) is 3.34. The van der Waals surface area contributed by atoms with E-state index in [0.717, 1.165) is 36.1 Å². The van der Waals surface area contributed by atoms with Gasteiger partial charge in [-0.05, 0) is 25.7 Å². The third kappa shape index (κ3) is 3.37. The van der Waals surface area contributed by atoms with Crippen LogP contribution in [0.15, 0.2) is 10.0 Å². The lowest BCUT2D eigenvalue weighted by molar-refractivity contribution is 0.256. The molecule has 0 spiro atoms. The molecule has 2 aromatic rings. The van der Waals surface area contributed by atoms with E-state index in [2.05, 4.69) is 20.7 Å². The zero-order valence-electron chi connectivity index (χ0n) is 14.0. The molecule has 0 amide bonds. The summed E-state index contributed by atoms with van der Waals surface area (Å²) in [4.78, 5) is 4.86. The van der Waals surface area contributed by atoms with Crippen molar-refractivity contribution in [2.75, 3.05) is 0 Å². The van der Waals surface area contributed by atoms with Gasteiger partial charge in [0, 0.05) is 5.92 Å². The number of aromatic nitrogens is 4. The van der Waals surface area contributed by atoms with E-state index in [1.165, 1.54) is 51.4 Å². The third-order valence-corrected chi connectivity index (χ3v) is 6.21. The molecule has 24 heavy (non-hydrogen) atoms. The van der Waals surface area contributed by atoms with Crippen molar-refractivity contribution in [3.05, 3.63) is 22.2 Å². The number of hydrogen-bond donors (Lipinski definition) is 1. The maximum atomic E-state index is 5.68. The minimum absolute atomic E-state index is 0.178. The molecule has 2 heterocycles. The zero-order chi connectivity index (χ0) is 16.2. The molecule has 130 valence electrons. The molecule has 2 saturated carbocycles. The second kappa shape index (κ2) is 7.27. The van der Waals surface area contributed by atoms with Gasteiger partial charge >= 0.3 is 0 Å². The molecule has 0 atom stereocenters. The molecule has 2 aliphatic carbocycles. The SMILES string of the molecule is c1nnc(CNC2(c3noc(C4CCCC4)n3)CCCCCC2)s1. The average molecular weight is 347 g/mol. The van der Waals surface area contributed by atoms with Crippen LogP contribution in [0.3, 0.4) is 0 Å². The van der Waals surface area contributed by atoms with Gasteiger partial charge in [0.25, 0.3) is 0 Å². The van der Waals surface area contributed by atoms with Crippen LogP contribution in [0.5, 0.6) is 0 Å². The van der Waals surface area contributed by atoms with Crippen molar-refractivity contribution in [2.45, 2.75) is 82.2 Å². The van der Waals surface area contributed by atoms with Crippen LogP contribution >= 0.6 is 11.3 Å². The van der Waals surface area contributed by atoms with Crippen molar-refractivity contribution >= 4 is 11.3 Å². The first-order chi connectivity index (χ1) is 11.9. The minimum atomic E-state index is -0.178. The van der Waals surface area contributed by atoms with E-state index in [4.69, 9.17) is 9.51 Å². The summed E-state index contributed by atoms with van der Waals surface area (Å²) in [6.07, 6.45) is 12.0. The normalized spacial score (nSPS) is 21.8. The predicted molar refractivity (Wildman–Crippen MR) is 91.6 cm³/mol. The molecule has 2 fully saturated rings. The smallest absolute Gasteiger partial charge is 0.229 e. The van der Waals surface area contributed by atoms with Crippen LogP contribution in [0.1, 0.15) is 86.8 Å². The van der Waals surface area contributed by atoms with Gasteiger partial charge in [-0.15, -0.1) is 21.5 Å². The minimum Gasteiger partial charge on any atom is -0.339 e. The molecule has 0 radical (unpaired) electrons. The molecule has 1 N–H and O–H groups in total. The highest BCUT2D eigenvalue weighted by Gasteiger charge is 2.38. The van der Waals surface area contributed by atoms with Gasteiger partial charge in [-0.3, -0.25) is 5.32 Å². The van der Waals surface area contributed by atoms with E-state index in [-0.39, 0.29) is 5.54 Å². The van der Waals surface area contributed by atoms with Gasteiger partial charge in [-0.2, -0.15) is 4.98 Å². The first-order valence-corrected chi connectivity index (χ1v) is 10.1. The van der Waals surface area contributed by atoms with Crippen molar-refractivity contribution in [1.82, 2.24) is 25.7 Å². The number of hydrogen-bond acceptors (Lipinski definition) is 7. The summed E-state index contributed by atoms with van der Waals surface area (Å²) in [5, 5.41) is 17.2.